The molecule has 1 saturated heterocycles. The van der Waals surface area contributed by atoms with E-state index in [1.165, 1.54) is 16.6 Å². The smallest absolute Gasteiger partial charge is 0.354 e. The van der Waals surface area contributed by atoms with E-state index < -0.39 is 16.0 Å². The summed E-state index contributed by atoms with van der Waals surface area (Å²) in [6.07, 6.45) is 6.64. The highest BCUT2D eigenvalue weighted by atomic mass is 32.2. The average molecular weight is 312 g/mol. The van der Waals surface area contributed by atoms with Gasteiger partial charge in [0.2, 0.25) is 10.0 Å². The van der Waals surface area contributed by atoms with Crippen LogP contribution in [-0.2, 0) is 19.5 Å². The van der Waals surface area contributed by atoms with Crippen molar-refractivity contribution in [1.29, 1.82) is 0 Å². The van der Waals surface area contributed by atoms with Gasteiger partial charge in [0.25, 0.3) is 0 Å². The Balaban J connectivity index is 2.08. The van der Waals surface area contributed by atoms with Crippen LogP contribution in [0.5, 0.6) is 0 Å². The SMILES string of the molecule is C#CCCOC(=O)c1cc(S(=O)(=O)N2CCOCC2)c[nH]1. The van der Waals surface area contributed by atoms with E-state index in [1.807, 2.05) is 0 Å². The lowest BCUT2D eigenvalue weighted by molar-refractivity contribution is 0.0507. The molecule has 0 radical (unpaired) electrons. The number of nitrogens with one attached hydrogen (secondary N) is 1. The number of H-pyrrole nitrogens is 1. The molecule has 114 valence electrons. The third kappa shape index (κ3) is 3.64. The zero-order chi connectivity index (χ0) is 15.3. The standard InChI is InChI=1S/C13H16N2O5S/c1-2-3-6-20-13(16)12-9-11(10-14-12)21(17,18)15-4-7-19-8-5-15/h1,9-10,14H,3-8H2. The van der Waals surface area contributed by atoms with Crippen LogP contribution in [0.25, 0.3) is 0 Å². The molecule has 0 amide bonds. The molecular formula is C13H16N2O5S. The molecule has 1 aromatic rings. The van der Waals surface area contributed by atoms with Crippen molar-refractivity contribution in [3.63, 3.8) is 0 Å². The quantitative estimate of drug-likeness (QED) is 0.477. The largest absolute Gasteiger partial charge is 0.460 e. The first-order valence-corrected chi connectivity index (χ1v) is 7.86. The van der Waals surface area contributed by atoms with Gasteiger partial charge in [0, 0.05) is 25.7 Å². The Bertz CT molecular complexity index is 638. The highest BCUT2D eigenvalue weighted by molar-refractivity contribution is 7.89. The molecule has 2 heterocycles. The molecule has 0 saturated carbocycles. The molecular weight excluding hydrogens is 296 g/mol. The van der Waals surface area contributed by atoms with Crippen molar-refractivity contribution >= 4 is 16.0 Å². The van der Waals surface area contributed by atoms with Crippen molar-refractivity contribution < 1.29 is 22.7 Å². The van der Waals surface area contributed by atoms with Crippen LogP contribution in [-0.4, -0.2) is 56.6 Å². The number of sulfonamides is 1. The molecule has 0 spiro atoms. The van der Waals surface area contributed by atoms with Gasteiger partial charge in [-0.15, -0.1) is 12.3 Å². The van der Waals surface area contributed by atoms with Gasteiger partial charge in [-0.25, -0.2) is 13.2 Å². The maximum Gasteiger partial charge on any atom is 0.354 e. The molecule has 21 heavy (non-hydrogen) atoms. The minimum atomic E-state index is -3.62. The number of ether oxygens (including phenoxy) is 2. The van der Waals surface area contributed by atoms with E-state index >= 15 is 0 Å². The molecule has 2 rings (SSSR count). The van der Waals surface area contributed by atoms with Crippen molar-refractivity contribution in [3.05, 3.63) is 18.0 Å². The van der Waals surface area contributed by atoms with Gasteiger partial charge in [0.1, 0.15) is 17.2 Å². The Labute approximate surface area is 123 Å². The summed E-state index contributed by atoms with van der Waals surface area (Å²) in [5, 5.41) is 0. The number of rotatable bonds is 5. The number of carbonyl (C=O) groups excluding carboxylic acids is 1. The van der Waals surface area contributed by atoms with E-state index in [1.54, 1.807) is 0 Å². The van der Waals surface area contributed by atoms with Crippen molar-refractivity contribution in [1.82, 2.24) is 9.29 Å². The summed E-state index contributed by atoms with van der Waals surface area (Å²) in [6.45, 7) is 1.43. The number of morpholine rings is 1. The van der Waals surface area contributed by atoms with Crippen molar-refractivity contribution in [2.75, 3.05) is 32.9 Å². The van der Waals surface area contributed by atoms with Gasteiger partial charge in [-0.2, -0.15) is 4.31 Å². The van der Waals surface area contributed by atoms with Crippen LogP contribution >= 0.6 is 0 Å². The molecule has 1 aliphatic heterocycles. The lowest BCUT2D eigenvalue weighted by Gasteiger charge is -2.25. The number of nitrogens with zero attached hydrogens (tertiary/aromatic N) is 1. The fraction of sp³-hybridized carbons (Fsp3) is 0.462. The molecule has 1 N–H and O–H groups in total. The van der Waals surface area contributed by atoms with Crippen LogP contribution in [0, 0.1) is 12.3 Å². The molecule has 7 nitrogen and oxygen atoms in total. The first kappa shape index (κ1) is 15.6. The Kier molecular flexibility index (Phi) is 5.01. The third-order valence-corrected chi connectivity index (χ3v) is 4.84. The number of aromatic nitrogens is 1. The fourth-order valence-electron chi connectivity index (χ4n) is 1.86. The minimum absolute atomic E-state index is 0.0355. The topological polar surface area (TPSA) is 88.7 Å². The molecule has 0 bridgehead atoms. The molecule has 0 unspecified atom stereocenters. The highest BCUT2D eigenvalue weighted by Gasteiger charge is 2.28. The van der Waals surface area contributed by atoms with Crippen LogP contribution in [0.3, 0.4) is 0 Å². The second-order valence-electron chi connectivity index (χ2n) is 4.36. The number of terminal acetylenes is 1. The van der Waals surface area contributed by atoms with E-state index in [0.29, 0.717) is 32.7 Å². The first-order chi connectivity index (χ1) is 10.1. The monoisotopic (exact) mass is 312 g/mol. The second-order valence-corrected chi connectivity index (χ2v) is 6.29. The molecule has 8 heteroatoms. The van der Waals surface area contributed by atoms with Crippen molar-refractivity contribution in [2.45, 2.75) is 11.3 Å². The zero-order valence-electron chi connectivity index (χ0n) is 11.4. The predicted molar refractivity (Wildman–Crippen MR) is 74.1 cm³/mol. The normalized spacial score (nSPS) is 16.3. The molecule has 0 aromatic carbocycles. The molecule has 1 fully saturated rings. The van der Waals surface area contributed by atoms with E-state index in [9.17, 15) is 13.2 Å². The van der Waals surface area contributed by atoms with Gasteiger partial charge < -0.3 is 14.5 Å². The van der Waals surface area contributed by atoms with Crippen LogP contribution < -0.4 is 0 Å². The third-order valence-electron chi connectivity index (χ3n) is 2.96. The van der Waals surface area contributed by atoms with E-state index in [2.05, 4.69) is 10.9 Å². The molecule has 0 atom stereocenters. The number of esters is 1. The molecule has 0 aliphatic carbocycles. The maximum absolute atomic E-state index is 12.4. The number of hydrogen-bond acceptors (Lipinski definition) is 5. The lowest BCUT2D eigenvalue weighted by Crippen LogP contribution is -2.40. The lowest BCUT2D eigenvalue weighted by atomic mass is 10.4. The van der Waals surface area contributed by atoms with Crippen LogP contribution in [0.15, 0.2) is 17.2 Å². The van der Waals surface area contributed by atoms with E-state index in [0.717, 1.165) is 0 Å². The minimum Gasteiger partial charge on any atom is -0.460 e. The Hall–Kier alpha value is -1.82. The van der Waals surface area contributed by atoms with Gasteiger partial charge in [0.15, 0.2) is 0 Å². The van der Waals surface area contributed by atoms with Gasteiger partial charge in [-0.05, 0) is 6.07 Å². The van der Waals surface area contributed by atoms with Gasteiger partial charge in [-0.1, -0.05) is 0 Å². The average Bonchev–Trinajstić information content (AvgIpc) is 2.99. The summed E-state index contributed by atoms with van der Waals surface area (Å²) >= 11 is 0. The zero-order valence-corrected chi connectivity index (χ0v) is 12.2. The number of aromatic amines is 1. The van der Waals surface area contributed by atoms with Crippen LogP contribution in [0.4, 0.5) is 0 Å². The summed E-state index contributed by atoms with van der Waals surface area (Å²) in [5.74, 6) is 1.71. The summed E-state index contributed by atoms with van der Waals surface area (Å²) in [5.41, 5.74) is 0.0823. The Morgan fingerprint density at radius 3 is 2.86 bits per heavy atom. The van der Waals surface area contributed by atoms with Crippen LogP contribution in [0.2, 0.25) is 0 Å². The van der Waals surface area contributed by atoms with E-state index in [4.69, 9.17) is 15.9 Å². The number of hydrogen-bond donors (Lipinski definition) is 1. The van der Waals surface area contributed by atoms with E-state index in [-0.39, 0.29) is 17.2 Å². The maximum atomic E-state index is 12.4. The van der Waals surface area contributed by atoms with Crippen molar-refractivity contribution in [2.24, 2.45) is 0 Å². The fourth-order valence-corrected chi connectivity index (χ4v) is 3.26. The summed E-state index contributed by atoms with van der Waals surface area (Å²) in [7, 11) is -3.62. The van der Waals surface area contributed by atoms with Gasteiger partial charge >= 0.3 is 5.97 Å². The van der Waals surface area contributed by atoms with Crippen molar-refractivity contribution in [3.8, 4) is 12.3 Å². The summed E-state index contributed by atoms with van der Waals surface area (Å²) in [6, 6.07) is 1.27. The van der Waals surface area contributed by atoms with Gasteiger partial charge in [-0.3, -0.25) is 0 Å². The summed E-state index contributed by atoms with van der Waals surface area (Å²) < 4.78 is 36.1. The number of carbonyl (C=O) groups is 1. The predicted octanol–water partition coefficient (Wildman–Crippen LogP) is 0.216. The molecule has 1 aliphatic rings. The summed E-state index contributed by atoms with van der Waals surface area (Å²) in [4.78, 5) is 14.3. The van der Waals surface area contributed by atoms with Gasteiger partial charge in [0.05, 0.1) is 13.2 Å². The first-order valence-electron chi connectivity index (χ1n) is 6.42. The highest BCUT2D eigenvalue weighted by Crippen LogP contribution is 2.18. The van der Waals surface area contributed by atoms with Crippen LogP contribution in [0.1, 0.15) is 16.9 Å². The Morgan fingerprint density at radius 1 is 1.48 bits per heavy atom. The Morgan fingerprint density at radius 2 is 2.19 bits per heavy atom. The second kappa shape index (κ2) is 6.76. The molecule has 1 aromatic heterocycles.